The van der Waals surface area contributed by atoms with Crippen molar-refractivity contribution in [2.24, 2.45) is 0 Å². The molecule has 1 heterocycles. The third-order valence-corrected chi connectivity index (χ3v) is 2.17. The fraction of sp³-hybridized carbons (Fsp3) is 0. The molecule has 1 aromatic carbocycles. The fourth-order valence-corrected chi connectivity index (χ4v) is 1.57. The monoisotopic (exact) mass is 221 g/mol. The summed E-state index contributed by atoms with van der Waals surface area (Å²) in [6, 6.07) is 8.41. The minimum absolute atomic E-state index is 0.281. The van der Waals surface area contributed by atoms with Crippen LogP contribution in [0.4, 0.5) is 5.69 Å². The number of carbonyl (C=O) groups is 1. The molecule has 0 aliphatic rings. The molecule has 15 heavy (non-hydrogen) atoms. The fourth-order valence-electron chi connectivity index (χ4n) is 1.33. The van der Waals surface area contributed by atoms with Gasteiger partial charge < -0.3 is 10.2 Å². The molecule has 0 spiro atoms. The lowest BCUT2D eigenvalue weighted by atomic mass is 10.1. The summed E-state index contributed by atoms with van der Waals surface area (Å²) in [7, 11) is 0. The summed E-state index contributed by atoms with van der Waals surface area (Å²) in [5.41, 5.74) is 6.95. The largest absolute Gasteiger partial charge is 0.453 e. The first-order valence-electron chi connectivity index (χ1n) is 4.30. The summed E-state index contributed by atoms with van der Waals surface area (Å²) in [6.45, 7) is 0. The van der Waals surface area contributed by atoms with Gasteiger partial charge in [-0.2, -0.15) is 0 Å². The third-order valence-electron chi connectivity index (χ3n) is 1.95. The van der Waals surface area contributed by atoms with E-state index in [-0.39, 0.29) is 5.76 Å². The Morgan fingerprint density at radius 1 is 1.27 bits per heavy atom. The second-order valence-corrected chi connectivity index (χ2v) is 3.53. The lowest BCUT2D eigenvalue weighted by Gasteiger charge is -2.00. The van der Waals surface area contributed by atoms with Crippen molar-refractivity contribution in [1.29, 1.82) is 0 Å². The highest BCUT2D eigenvalue weighted by atomic mass is 35.5. The second kappa shape index (κ2) is 3.79. The summed E-state index contributed by atoms with van der Waals surface area (Å²) < 4.78 is 5.25. The average molecular weight is 222 g/mol. The Kier molecular flexibility index (Phi) is 2.47. The quantitative estimate of drug-likeness (QED) is 0.627. The Morgan fingerprint density at radius 2 is 2.07 bits per heavy atom. The number of benzene rings is 1. The molecule has 0 saturated heterocycles. The van der Waals surface area contributed by atoms with Gasteiger partial charge in [-0.25, -0.2) is 0 Å². The van der Waals surface area contributed by atoms with Crippen LogP contribution < -0.4 is 5.73 Å². The van der Waals surface area contributed by atoms with E-state index in [1.165, 1.54) is 0 Å². The number of rotatable bonds is 2. The van der Waals surface area contributed by atoms with Crippen LogP contribution in [-0.2, 0) is 0 Å². The number of hydrogen-bond donors (Lipinski definition) is 1. The zero-order valence-electron chi connectivity index (χ0n) is 7.74. The molecular weight excluding hydrogens is 214 g/mol. The first-order valence-corrected chi connectivity index (χ1v) is 4.68. The molecule has 2 rings (SSSR count). The van der Waals surface area contributed by atoms with Crippen molar-refractivity contribution in [3.63, 3.8) is 0 Å². The van der Waals surface area contributed by atoms with E-state index in [0.717, 1.165) is 5.56 Å². The van der Waals surface area contributed by atoms with Gasteiger partial charge in [-0.3, -0.25) is 4.79 Å². The lowest BCUT2D eigenvalue weighted by molar-refractivity contribution is 0.110. The Balaban J connectivity index is 2.48. The molecule has 4 heteroatoms. The van der Waals surface area contributed by atoms with E-state index in [2.05, 4.69) is 0 Å². The number of hydrogen-bond acceptors (Lipinski definition) is 3. The molecule has 0 fully saturated rings. The van der Waals surface area contributed by atoms with Crippen molar-refractivity contribution < 1.29 is 9.21 Å². The standard InChI is InChI=1S/C11H8ClNO2/c12-8-3-7(4-9(13)5-8)11-2-1-10(6-14)15-11/h1-6H,13H2. The number of aldehydes is 1. The molecule has 3 nitrogen and oxygen atoms in total. The van der Waals surface area contributed by atoms with Gasteiger partial charge in [0.1, 0.15) is 5.76 Å². The van der Waals surface area contributed by atoms with Crippen molar-refractivity contribution in [1.82, 2.24) is 0 Å². The molecule has 0 atom stereocenters. The number of nitrogens with two attached hydrogens (primary N) is 1. The smallest absolute Gasteiger partial charge is 0.185 e. The second-order valence-electron chi connectivity index (χ2n) is 3.09. The summed E-state index contributed by atoms with van der Waals surface area (Å²) in [6.07, 6.45) is 0.650. The van der Waals surface area contributed by atoms with Crippen molar-refractivity contribution in [2.45, 2.75) is 0 Å². The third kappa shape index (κ3) is 2.02. The highest BCUT2D eigenvalue weighted by Crippen LogP contribution is 2.27. The van der Waals surface area contributed by atoms with E-state index < -0.39 is 0 Å². The molecule has 0 saturated carbocycles. The maximum absolute atomic E-state index is 10.4. The van der Waals surface area contributed by atoms with Crippen molar-refractivity contribution >= 4 is 23.6 Å². The van der Waals surface area contributed by atoms with E-state index in [9.17, 15) is 4.79 Å². The van der Waals surface area contributed by atoms with Gasteiger partial charge in [0.15, 0.2) is 12.0 Å². The topological polar surface area (TPSA) is 56.2 Å². The first-order chi connectivity index (χ1) is 7.19. The van der Waals surface area contributed by atoms with Gasteiger partial charge in [-0.15, -0.1) is 0 Å². The zero-order chi connectivity index (χ0) is 10.8. The zero-order valence-corrected chi connectivity index (χ0v) is 8.49. The van der Waals surface area contributed by atoms with Crippen LogP contribution in [0.5, 0.6) is 0 Å². The molecule has 2 N–H and O–H groups in total. The SMILES string of the molecule is Nc1cc(Cl)cc(-c2ccc(C=O)o2)c1. The van der Waals surface area contributed by atoms with Crippen LogP contribution >= 0.6 is 11.6 Å². The predicted molar refractivity (Wildman–Crippen MR) is 59.0 cm³/mol. The van der Waals surface area contributed by atoms with Crippen LogP contribution in [0, 0.1) is 0 Å². The minimum atomic E-state index is 0.281. The van der Waals surface area contributed by atoms with Crippen molar-refractivity contribution in [2.75, 3.05) is 5.73 Å². The van der Waals surface area contributed by atoms with Crippen LogP contribution in [0.25, 0.3) is 11.3 Å². The minimum Gasteiger partial charge on any atom is -0.453 e. The number of nitrogen functional groups attached to an aromatic ring is 1. The van der Waals surface area contributed by atoms with Crippen LogP contribution in [-0.4, -0.2) is 6.29 Å². The molecule has 0 amide bonds. The summed E-state index contributed by atoms with van der Waals surface area (Å²) in [5.74, 6) is 0.856. The van der Waals surface area contributed by atoms with Crippen LogP contribution in [0.3, 0.4) is 0 Å². The number of anilines is 1. The number of halogens is 1. The van der Waals surface area contributed by atoms with Gasteiger partial charge in [-0.05, 0) is 30.3 Å². The lowest BCUT2D eigenvalue weighted by Crippen LogP contribution is -1.85. The van der Waals surface area contributed by atoms with E-state index in [1.54, 1.807) is 30.3 Å². The predicted octanol–water partition coefficient (Wildman–Crippen LogP) is 2.99. The van der Waals surface area contributed by atoms with E-state index in [1.807, 2.05) is 0 Å². The van der Waals surface area contributed by atoms with Crippen molar-refractivity contribution in [3.05, 3.63) is 41.1 Å². The van der Waals surface area contributed by atoms with Crippen LogP contribution in [0.2, 0.25) is 5.02 Å². The van der Waals surface area contributed by atoms with Crippen LogP contribution in [0.15, 0.2) is 34.7 Å². The highest BCUT2D eigenvalue weighted by molar-refractivity contribution is 6.31. The molecule has 1 aromatic heterocycles. The van der Waals surface area contributed by atoms with Gasteiger partial charge in [0.05, 0.1) is 0 Å². The molecule has 2 aromatic rings. The molecule has 76 valence electrons. The number of furan rings is 1. The maximum Gasteiger partial charge on any atom is 0.185 e. The van der Waals surface area contributed by atoms with E-state index in [4.69, 9.17) is 21.8 Å². The Labute approximate surface area is 91.5 Å². The van der Waals surface area contributed by atoms with Gasteiger partial charge in [0.2, 0.25) is 0 Å². The first kappa shape index (κ1) is 9.80. The Morgan fingerprint density at radius 3 is 2.67 bits per heavy atom. The maximum atomic E-state index is 10.4. The van der Waals surface area contributed by atoms with Gasteiger partial charge in [0, 0.05) is 16.3 Å². The van der Waals surface area contributed by atoms with Gasteiger partial charge in [-0.1, -0.05) is 11.6 Å². The van der Waals surface area contributed by atoms with Gasteiger partial charge >= 0.3 is 0 Å². The Hall–Kier alpha value is -1.74. The normalized spacial score (nSPS) is 10.2. The molecular formula is C11H8ClNO2. The average Bonchev–Trinajstić information content (AvgIpc) is 2.64. The molecule has 0 radical (unpaired) electrons. The van der Waals surface area contributed by atoms with Crippen LogP contribution in [0.1, 0.15) is 10.6 Å². The molecule has 0 aliphatic heterocycles. The molecule has 0 aliphatic carbocycles. The summed E-state index contributed by atoms with van der Waals surface area (Å²) in [5, 5.41) is 0.536. The molecule has 0 bridgehead atoms. The highest BCUT2D eigenvalue weighted by Gasteiger charge is 2.05. The van der Waals surface area contributed by atoms with Crippen molar-refractivity contribution in [3.8, 4) is 11.3 Å². The summed E-state index contributed by atoms with van der Waals surface area (Å²) in [4.78, 5) is 10.4. The number of carbonyl (C=O) groups excluding carboxylic acids is 1. The summed E-state index contributed by atoms with van der Waals surface area (Å²) >= 11 is 5.85. The van der Waals surface area contributed by atoms with E-state index in [0.29, 0.717) is 22.8 Å². The Bertz CT molecular complexity index is 485. The van der Waals surface area contributed by atoms with E-state index >= 15 is 0 Å². The molecule has 0 unspecified atom stereocenters. The van der Waals surface area contributed by atoms with Gasteiger partial charge in [0.25, 0.3) is 0 Å².